The molecule has 12 heteroatoms. The van der Waals surface area contributed by atoms with Gasteiger partial charge in [0.1, 0.15) is 11.6 Å². The first-order valence-electron chi connectivity index (χ1n) is 10.00. The van der Waals surface area contributed by atoms with E-state index >= 15 is 0 Å². The number of hydrogen-bond donors (Lipinski definition) is 0. The summed E-state index contributed by atoms with van der Waals surface area (Å²) in [4.78, 5) is 23.9. The SMILES string of the molecule is Cc1nc(-c2ccc(OCC(=O)N3CCN(c4ncc(C(F)(F)F)cc4Cl)CC3)cc2)no1. The summed E-state index contributed by atoms with van der Waals surface area (Å²) in [5.41, 5.74) is -0.139. The molecule has 0 N–H and O–H groups in total. The zero-order chi connectivity index (χ0) is 23.6. The van der Waals surface area contributed by atoms with Crippen molar-refractivity contribution in [3.63, 3.8) is 0 Å². The Hall–Kier alpha value is -3.34. The molecule has 0 bridgehead atoms. The number of hydrogen-bond acceptors (Lipinski definition) is 7. The number of carbonyl (C=O) groups is 1. The molecule has 0 atom stereocenters. The first kappa shape index (κ1) is 22.8. The van der Waals surface area contributed by atoms with Crippen LogP contribution in [0.3, 0.4) is 0 Å². The van der Waals surface area contributed by atoms with E-state index < -0.39 is 11.7 Å². The van der Waals surface area contributed by atoms with Crippen molar-refractivity contribution in [2.24, 2.45) is 0 Å². The van der Waals surface area contributed by atoms with Crippen LogP contribution in [0, 0.1) is 6.92 Å². The number of rotatable bonds is 5. The third-order valence-corrected chi connectivity index (χ3v) is 5.36. The number of benzene rings is 1. The third-order valence-electron chi connectivity index (χ3n) is 5.08. The van der Waals surface area contributed by atoms with Gasteiger partial charge in [-0.05, 0) is 30.3 Å². The molecule has 8 nitrogen and oxygen atoms in total. The number of anilines is 1. The number of ether oxygens (including phenoxy) is 1. The van der Waals surface area contributed by atoms with Gasteiger partial charge in [-0.25, -0.2) is 4.98 Å². The van der Waals surface area contributed by atoms with E-state index in [1.54, 1.807) is 41.0 Å². The normalized spacial score (nSPS) is 14.5. The highest BCUT2D eigenvalue weighted by molar-refractivity contribution is 6.33. The summed E-state index contributed by atoms with van der Waals surface area (Å²) in [6, 6.07) is 7.82. The zero-order valence-electron chi connectivity index (χ0n) is 17.5. The Labute approximate surface area is 191 Å². The highest BCUT2D eigenvalue weighted by Gasteiger charge is 2.32. The fourth-order valence-electron chi connectivity index (χ4n) is 3.34. The Kier molecular flexibility index (Phi) is 6.41. The molecule has 4 rings (SSSR count). The molecule has 1 aromatic carbocycles. The van der Waals surface area contributed by atoms with Crippen LogP contribution >= 0.6 is 11.6 Å². The van der Waals surface area contributed by atoms with Crippen LogP contribution in [-0.4, -0.2) is 58.7 Å². The lowest BCUT2D eigenvalue weighted by molar-refractivity contribution is -0.138. The van der Waals surface area contributed by atoms with E-state index in [-0.39, 0.29) is 23.4 Å². The first-order valence-corrected chi connectivity index (χ1v) is 10.4. The number of aromatic nitrogens is 3. The van der Waals surface area contributed by atoms with E-state index in [1.165, 1.54) is 0 Å². The van der Waals surface area contributed by atoms with E-state index in [0.717, 1.165) is 17.8 Å². The Bertz CT molecular complexity index is 1130. The fraction of sp³-hybridized carbons (Fsp3) is 0.333. The lowest BCUT2D eigenvalue weighted by Crippen LogP contribution is -2.50. The molecule has 3 aromatic rings. The molecule has 1 saturated heterocycles. The van der Waals surface area contributed by atoms with Gasteiger partial charge < -0.3 is 19.1 Å². The average Bonchev–Trinajstić information content (AvgIpc) is 3.23. The number of alkyl halides is 3. The number of aryl methyl sites for hydroxylation is 1. The number of carbonyl (C=O) groups excluding carboxylic acids is 1. The number of halogens is 4. The number of pyridine rings is 1. The molecule has 0 spiro atoms. The quantitative estimate of drug-likeness (QED) is 0.547. The third kappa shape index (κ3) is 5.36. The predicted octanol–water partition coefficient (Wildman–Crippen LogP) is 3.84. The van der Waals surface area contributed by atoms with Crippen molar-refractivity contribution in [1.82, 2.24) is 20.0 Å². The van der Waals surface area contributed by atoms with Crippen molar-refractivity contribution in [2.45, 2.75) is 13.1 Å². The van der Waals surface area contributed by atoms with Gasteiger partial charge in [0.2, 0.25) is 11.7 Å². The van der Waals surface area contributed by atoms with Crippen molar-refractivity contribution >= 4 is 23.3 Å². The van der Waals surface area contributed by atoms with Crippen LogP contribution in [0.2, 0.25) is 5.02 Å². The molecule has 0 aliphatic carbocycles. The number of amides is 1. The van der Waals surface area contributed by atoms with Gasteiger partial charge in [-0.15, -0.1) is 0 Å². The second kappa shape index (κ2) is 9.26. The Morgan fingerprint density at radius 1 is 1.18 bits per heavy atom. The van der Waals surface area contributed by atoms with Gasteiger partial charge >= 0.3 is 6.18 Å². The van der Waals surface area contributed by atoms with Crippen LogP contribution in [0.4, 0.5) is 19.0 Å². The van der Waals surface area contributed by atoms with Crippen LogP contribution in [0.1, 0.15) is 11.5 Å². The Morgan fingerprint density at radius 3 is 2.45 bits per heavy atom. The number of nitrogens with zero attached hydrogens (tertiary/aromatic N) is 5. The summed E-state index contributed by atoms with van der Waals surface area (Å²) in [5.74, 6) is 1.53. The minimum atomic E-state index is -4.51. The molecule has 0 unspecified atom stereocenters. The standard InChI is InChI=1S/C21H19ClF3N5O3/c1-13-27-19(28-33-13)14-2-4-16(5-3-14)32-12-18(31)29-6-8-30(9-7-29)20-17(22)10-15(11-26-20)21(23,24)25/h2-5,10-11H,6-9,12H2,1H3. The van der Waals surface area contributed by atoms with Crippen LogP contribution < -0.4 is 9.64 Å². The second-order valence-electron chi connectivity index (χ2n) is 7.35. The smallest absolute Gasteiger partial charge is 0.417 e. The molecule has 0 saturated carbocycles. The van der Waals surface area contributed by atoms with Gasteiger partial charge in [-0.1, -0.05) is 16.8 Å². The van der Waals surface area contributed by atoms with Gasteiger partial charge in [0.15, 0.2) is 6.61 Å². The summed E-state index contributed by atoms with van der Waals surface area (Å²) in [6.45, 7) is 3.09. The van der Waals surface area contributed by atoms with E-state index in [1.807, 2.05) is 0 Å². The average molecular weight is 482 g/mol. The van der Waals surface area contributed by atoms with Crippen molar-refractivity contribution in [3.8, 4) is 17.1 Å². The van der Waals surface area contributed by atoms with E-state index in [9.17, 15) is 18.0 Å². The van der Waals surface area contributed by atoms with Crippen LogP contribution in [0.25, 0.3) is 11.4 Å². The molecule has 174 valence electrons. The molecule has 2 aromatic heterocycles. The van der Waals surface area contributed by atoms with Crippen molar-refractivity contribution < 1.29 is 27.2 Å². The second-order valence-corrected chi connectivity index (χ2v) is 7.75. The van der Waals surface area contributed by atoms with Gasteiger partial charge in [-0.3, -0.25) is 4.79 Å². The van der Waals surface area contributed by atoms with Gasteiger partial charge in [0, 0.05) is 44.9 Å². The van der Waals surface area contributed by atoms with Crippen molar-refractivity contribution in [3.05, 3.63) is 53.0 Å². The monoisotopic (exact) mass is 481 g/mol. The van der Waals surface area contributed by atoms with E-state index in [2.05, 4.69) is 15.1 Å². The summed E-state index contributed by atoms with van der Waals surface area (Å²) in [5, 5.41) is 3.77. The highest BCUT2D eigenvalue weighted by Crippen LogP contribution is 2.33. The molecule has 33 heavy (non-hydrogen) atoms. The summed E-state index contributed by atoms with van der Waals surface area (Å²) < 4.78 is 48.9. The zero-order valence-corrected chi connectivity index (χ0v) is 18.2. The van der Waals surface area contributed by atoms with Crippen LogP contribution in [-0.2, 0) is 11.0 Å². The molecule has 1 aliphatic rings. The van der Waals surface area contributed by atoms with E-state index in [4.69, 9.17) is 20.9 Å². The van der Waals surface area contributed by atoms with Gasteiger partial charge in [0.05, 0.1) is 10.6 Å². The Morgan fingerprint density at radius 2 is 1.88 bits per heavy atom. The fourth-order valence-corrected chi connectivity index (χ4v) is 3.63. The van der Waals surface area contributed by atoms with E-state index in [0.29, 0.717) is 43.6 Å². The summed E-state index contributed by atoms with van der Waals surface area (Å²) in [6.07, 6.45) is -3.75. The minimum Gasteiger partial charge on any atom is -0.484 e. The molecule has 0 radical (unpaired) electrons. The van der Waals surface area contributed by atoms with Crippen molar-refractivity contribution in [2.75, 3.05) is 37.7 Å². The largest absolute Gasteiger partial charge is 0.484 e. The highest BCUT2D eigenvalue weighted by atomic mass is 35.5. The molecule has 1 aliphatic heterocycles. The minimum absolute atomic E-state index is 0.0765. The van der Waals surface area contributed by atoms with Crippen LogP contribution in [0.5, 0.6) is 5.75 Å². The van der Waals surface area contributed by atoms with Crippen LogP contribution in [0.15, 0.2) is 41.1 Å². The lowest BCUT2D eigenvalue weighted by atomic mass is 10.2. The summed E-state index contributed by atoms with van der Waals surface area (Å²) in [7, 11) is 0. The van der Waals surface area contributed by atoms with Crippen molar-refractivity contribution in [1.29, 1.82) is 0 Å². The molecule has 1 amide bonds. The topological polar surface area (TPSA) is 84.6 Å². The lowest BCUT2D eigenvalue weighted by Gasteiger charge is -2.35. The Balaban J connectivity index is 1.28. The van der Waals surface area contributed by atoms with Gasteiger partial charge in [0.25, 0.3) is 5.91 Å². The summed E-state index contributed by atoms with van der Waals surface area (Å²) >= 11 is 6.02. The maximum atomic E-state index is 12.8. The maximum absolute atomic E-state index is 12.8. The maximum Gasteiger partial charge on any atom is 0.417 e. The molecule has 1 fully saturated rings. The predicted molar refractivity (Wildman–Crippen MR) is 113 cm³/mol. The van der Waals surface area contributed by atoms with Gasteiger partial charge in [-0.2, -0.15) is 18.2 Å². The molecular formula is C21H19ClF3N5O3. The molecule has 3 heterocycles. The number of piperazine rings is 1. The first-order chi connectivity index (χ1) is 15.7. The molecular weight excluding hydrogens is 463 g/mol.